The first-order valence-electron chi connectivity index (χ1n) is 5.89. The number of para-hydroxylation sites is 1. The van der Waals surface area contributed by atoms with Gasteiger partial charge in [0.1, 0.15) is 5.75 Å². The molecule has 2 aromatic rings. The number of hydrogen-bond acceptors (Lipinski definition) is 3. The summed E-state index contributed by atoms with van der Waals surface area (Å²) in [6.45, 7) is -0.146. The van der Waals surface area contributed by atoms with E-state index in [1.807, 2.05) is 18.2 Å². The third-order valence-corrected chi connectivity index (χ3v) is 4.04. The van der Waals surface area contributed by atoms with Crippen LogP contribution in [0.2, 0.25) is 5.02 Å². The molecule has 1 amide bonds. The quantitative estimate of drug-likeness (QED) is 0.698. The Kier molecular flexibility index (Phi) is 5.50. The lowest BCUT2D eigenvalue weighted by molar-refractivity contribution is -0.118. The second-order valence-corrected chi connectivity index (χ2v) is 6.26. The molecule has 4 nitrogen and oxygen atoms in total. The minimum Gasteiger partial charge on any atom is -0.481 e. The van der Waals surface area contributed by atoms with Crippen LogP contribution in [-0.4, -0.2) is 12.5 Å². The van der Waals surface area contributed by atoms with Crippen molar-refractivity contribution in [3.8, 4) is 5.75 Å². The number of benzene rings is 2. The molecule has 0 unspecified atom stereocenters. The van der Waals surface area contributed by atoms with Crippen molar-refractivity contribution in [1.82, 2.24) is 0 Å². The van der Waals surface area contributed by atoms with Gasteiger partial charge in [0, 0.05) is 5.02 Å². The number of ether oxygens (including phenoxy) is 1. The average Bonchev–Trinajstić information content (AvgIpc) is 2.42. The summed E-state index contributed by atoms with van der Waals surface area (Å²) in [4.78, 5) is 11.9. The zero-order valence-electron chi connectivity index (χ0n) is 10.7. The van der Waals surface area contributed by atoms with Crippen molar-refractivity contribution in [3.63, 3.8) is 0 Å². The molecule has 21 heavy (non-hydrogen) atoms. The Labute approximate surface area is 143 Å². The molecule has 7 heteroatoms. The fraction of sp³-hybridized carbons (Fsp3) is 0.0714. The Morgan fingerprint density at radius 2 is 1.90 bits per heavy atom. The zero-order valence-corrected chi connectivity index (χ0v) is 14.6. The molecule has 0 spiro atoms. The zero-order chi connectivity index (χ0) is 15.4. The van der Waals surface area contributed by atoms with E-state index in [9.17, 15) is 4.79 Å². The molecular weight excluding hydrogens is 423 g/mol. The first-order valence-corrected chi connectivity index (χ1v) is 7.85. The summed E-state index contributed by atoms with van der Waals surface area (Å²) < 4.78 is 7.00. The van der Waals surface area contributed by atoms with E-state index in [0.717, 1.165) is 8.95 Å². The van der Waals surface area contributed by atoms with Crippen molar-refractivity contribution in [2.45, 2.75) is 0 Å². The first-order chi connectivity index (χ1) is 9.97. The molecule has 0 heterocycles. The highest BCUT2D eigenvalue weighted by Gasteiger charge is 2.10. The second kappa shape index (κ2) is 7.15. The third kappa shape index (κ3) is 4.36. The molecule has 0 fully saturated rings. The predicted octanol–water partition coefficient (Wildman–Crippen LogP) is 4.46. The fourth-order valence-electron chi connectivity index (χ4n) is 1.58. The number of nitrogen functional groups attached to an aromatic ring is 1. The molecule has 0 aliphatic rings. The Balaban J connectivity index is 2.01. The maximum atomic E-state index is 11.9. The highest BCUT2D eigenvalue weighted by Crippen LogP contribution is 2.33. The summed E-state index contributed by atoms with van der Waals surface area (Å²) >= 11 is 12.6. The number of rotatable bonds is 4. The standard InChI is InChI=1S/C14H11Br2ClN2O2/c15-9-2-1-3-10(16)14(9)21-7-13(20)19-12-6-8(17)4-5-11(12)18/h1-6H,7,18H2,(H,19,20). The smallest absolute Gasteiger partial charge is 0.262 e. The van der Waals surface area contributed by atoms with Gasteiger partial charge in [-0.15, -0.1) is 0 Å². The van der Waals surface area contributed by atoms with Crippen LogP contribution in [-0.2, 0) is 4.79 Å². The van der Waals surface area contributed by atoms with Crippen molar-refractivity contribution >= 4 is 60.7 Å². The van der Waals surface area contributed by atoms with Crippen molar-refractivity contribution in [2.24, 2.45) is 0 Å². The molecule has 0 saturated heterocycles. The van der Waals surface area contributed by atoms with E-state index in [0.29, 0.717) is 22.1 Å². The number of amides is 1. The lowest BCUT2D eigenvalue weighted by Gasteiger charge is -2.11. The van der Waals surface area contributed by atoms with Crippen LogP contribution in [0.5, 0.6) is 5.75 Å². The van der Waals surface area contributed by atoms with Crippen molar-refractivity contribution < 1.29 is 9.53 Å². The van der Waals surface area contributed by atoms with Gasteiger partial charge < -0.3 is 15.8 Å². The molecule has 0 aliphatic carbocycles. The number of nitrogens with one attached hydrogen (secondary N) is 1. The van der Waals surface area contributed by atoms with E-state index in [1.165, 1.54) is 0 Å². The van der Waals surface area contributed by atoms with Crippen LogP contribution in [0.4, 0.5) is 11.4 Å². The fourth-order valence-corrected chi connectivity index (χ4v) is 2.98. The second-order valence-electron chi connectivity index (χ2n) is 4.12. The highest BCUT2D eigenvalue weighted by molar-refractivity contribution is 9.11. The lowest BCUT2D eigenvalue weighted by Crippen LogP contribution is -2.21. The van der Waals surface area contributed by atoms with Gasteiger partial charge in [0.25, 0.3) is 5.91 Å². The van der Waals surface area contributed by atoms with E-state index in [1.54, 1.807) is 18.2 Å². The molecule has 2 rings (SSSR count). The predicted molar refractivity (Wildman–Crippen MR) is 91.8 cm³/mol. The van der Waals surface area contributed by atoms with Crippen molar-refractivity contribution in [1.29, 1.82) is 0 Å². The number of nitrogens with two attached hydrogens (primary N) is 1. The van der Waals surface area contributed by atoms with E-state index in [4.69, 9.17) is 22.1 Å². The molecular formula is C14H11Br2ClN2O2. The van der Waals surface area contributed by atoms with Crippen LogP contribution in [0.15, 0.2) is 45.3 Å². The van der Waals surface area contributed by atoms with Crippen molar-refractivity contribution in [2.75, 3.05) is 17.7 Å². The topological polar surface area (TPSA) is 64.3 Å². The van der Waals surface area contributed by atoms with E-state index in [-0.39, 0.29) is 12.5 Å². The van der Waals surface area contributed by atoms with Crippen LogP contribution < -0.4 is 15.8 Å². The number of halogens is 3. The van der Waals surface area contributed by atoms with Crippen LogP contribution in [0.1, 0.15) is 0 Å². The third-order valence-electron chi connectivity index (χ3n) is 2.56. The average molecular weight is 435 g/mol. The van der Waals surface area contributed by atoms with Gasteiger partial charge in [0.05, 0.1) is 20.3 Å². The van der Waals surface area contributed by atoms with Gasteiger partial charge in [-0.1, -0.05) is 17.7 Å². The molecule has 0 atom stereocenters. The van der Waals surface area contributed by atoms with Gasteiger partial charge in [-0.05, 0) is 62.2 Å². The first kappa shape index (κ1) is 16.1. The highest BCUT2D eigenvalue weighted by atomic mass is 79.9. The Morgan fingerprint density at radius 3 is 2.57 bits per heavy atom. The summed E-state index contributed by atoms with van der Waals surface area (Å²) in [6.07, 6.45) is 0. The number of hydrogen-bond donors (Lipinski definition) is 2. The molecule has 0 saturated carbocycles. The molecule has 0 bridgehead atoms. The van der Waals surface area contributed by atoms with E-state index in [2.05, 4.69) is 37.2 Å². The normalized spacial score (nSPS) is 10.2. The molecule has 0 aliphatic heterocycles. The van der Waals surface area contributed by atoms with Gasteiger partial charge in [-0.3, -0.25) is 4.79 Å². The monoisotopic (exact) mass is 432 g/mol. The summed E-state index contributed by atoms with van der Waals surface area (Å²) in [5.74, 6) is 0.235. The minimum atomic E-state index is -0.327. The van der Waals surface area contributed by atoms with Crippen LogP contribution in [0.3, 0.4) is 0 Å². The summed E-state index contributed by atoms with van der Waals surface area (Å²) in [5.41, 5.74) is 6.66. The maximum Gasteiger partial charge on any atom is 0.262 e. The summed E-state index contributed by atoms with van der Waals surface area (Å²) in [6, 6.07) is 10.4. The van der Waals surface area contributed by atoms with Gasteiger partial charge in [-0.25, -0.2) is 0 Å². The SMILES string of the molecule is Nc1ccc(Cl)cc1NC(=O)COc1c(Br)cccc1Br. The summed E-state index contributed by atoms with van der Waals surface area (Å²) in [7, 11) is 0. The van der Waals surface area contributed by atoms with Gasteiger partial charge >= 0.3 is 0 Å². The van der Waals surface area contributed by atoms with Gasteiger partial charge in [-0.2, -0.15) is 0 Å². The Morgan fingerprint density at radius 1 is 1.24 bits per heavy atom. The van der Waals surface area contributed by atoms with Crippen LogP contribution in [0, 0.1) is 0 Å². The largest absolute Gasteiger partial charge is 0.481 e. The molecule has 110 valence electrons. The number of anilines is 2. The van der Waals surface area contributed by atoms with Crippen LogP contribution >= 0.6 is 43.5 Å². The molecule has 0 aromatic heterocycles. The molecule has 2 aromatic carbocycles. The van der Waals surface area contributed by atoms with E-state index >= 15 is 0 Å². The summed E-state index contributed by atoms with van der Waals surface area (Å²) in [5, 5.41) is 3.15. The Bertz CT molecular complexity index is 660. The van der Waals surface area contributed by atoms with Crippen LogP contribution in [0.25, 0.3) is 0 Å². The number of carbonyl (C=O) groups is 1. The Hall–Kier alpha value is -1.24. The maximum absolute atomic E-state index is 11.9. The molecule has 0 radical (unpaired) electrons. The minimum absolute atomic E-state index is 0.146. The van der Waals surface area contributed by atoms with E-state index < -0.39 is 0 Å². The number of carbonyl (C=O) groups excluding carboxylic acids is 1. The lowest BCUT2D eigenvalue weighted by atomic mass is 10.2. The van der Waals surface area contributed by atoms with Gasteiger partial charge in [0.2, 0.25) is 0 Å². The van der Waals surface area contributed by atoms with Crippen molar-refractivity contribution in [3.05, 3.63) is 50.4 Å². The molecule has 3 N–H and O–H groups in total. The van der Waals surface area contributed by atoms with Gasteiger partial charge in [0.15, 0.2) is 6.61 Å².